The van der Waals surface area contributed by atoms with Crippen molar-refractivity contribution in [2.24, 2.45) is 0 Å². The summed E-state index contributed by atoms with van der Waals surface area (Å²) in [6, 6.07) is 13.2. The van der Waals surface area contributed by atoms with E-state index in [4.69, 9.17) is 5.73 Å². The van der Waals surface area contributed by atoms with E-state index < -0.39 is 0 Å². The van der Waals surface area contributed by atoms with Gasteiger partial charge < -0.3 is 5.73 Å². The number of aromatic nitrogens is 3. The molecule has 3 rings (SSSR count). The summed E-state index contributed by atoms with van der Waals surface area (Å²) in [5, 5.41) is 4.27. The molecule has 0 saturated carbocycles. The maximum atomic E-state index is 11.8. The van der Waals surface area contributed by atoms with Crippen LogP contribution in [-0.2, 0) is 0 Å². The summed E-state index contributed by atoms with van der Waals surface area (Å²) in [6.45, 7) is 0. The first kappa shape index (κ1) is 10.5. The van der Waals surface area contributed by atoms with Crippen molar-refractivity contribution in [3.8, 4) is 11.3 Å². The third kappa shape index (κ3) is 1.62. The van der Waals surface area contributed by atoms with Gasteiger partial charge in [0.15, 0.2) is 5.65 Å². The second-order valence-electron chi connectivity index (χ2n) is 3.87. The van der Waals surface area contributed by atoms with Gasteiger partial charge in [-0.05, 0) is 12.1 Å². The van der Waals surface area contributed by atoms with Crippen LogP contribution < -0.4 is 11.3 Å². The lowest BCUT2D eigenvalue weighted by molar-refractivity contribution is 0.875. The van der Waals surface area contributed by atoms with E-state index in [1.165, 1.54) is 10.7 Å². The second kappa shape index (κ2) is 3.96. The molecule has 5 heteroatoms. The fourth-order valence-electron chi connectivity index (χ4n) is 1.74. The number of nitrogens with zero attached hydrogens (tertiary/aromatic N) is 3. The molecule has 2 heterocycles. The van der Waals surface area contributed by atoms with Crippen LogP contribution in [0.3, 0.4) is 0 Å². The van der Waals surface area contributed by atoms with Gasteiger partial charge in [0.05, 0.1) is 11.9 Å². The highest BCUT2D eigenvalue weighted by molar-refractivity contribution is 5.60. The Hall–Kier alpha value is -2.69. The average Bonchev–Trinajstić information content (AvgIpc) is 2.44. The Balaban J connectivity index is 2.29. The van der Waals surface area contributed by atoms with E-state index in [-0.39, 0.29) is 11.2 Å². The van der Waals surface area contributed by atoms with E-state index in [9.17, 15) is 4.79 Å². The van der Waals surface area contributed by atoms with Crippen molar-refractivity contribution in [1.82, 2.24) is 14.6 Å². The Labute approximate surface area is 103 Å². The summed E-state index contributed by atoms with van der Waals surface area (Å²) >= 11 is 0. The molecule has 0 aliphatic heterocycles. The molecule has 0 amide bonds. The fraction of sp³-hybridized carbons (Fsp3) is 0. The molecule has 1 aromatic carbocycles. The van der Waals surface area contributed by atoms with Crippen LogP contribution in [-0.4, -0.2) is 14.6 Å². The molecule has 0 radical (unpaired) electrons. The molecule has 3 aromatic rings. The lowest BCUT2D eigenvalue weighted by Crippen LogP contribution is -2.20. The van der Waals surface area contributed by atoms with Gasteiger partial charge in [-0.15, -0.1) is 0 Å². The zero-order chi connectivity index (χ0) is 12.5. The van der Waals surface area contributed by atoms with Gasteiger partial charge in [-0.3, -0.25) is 4.79 Å². The van der Waals surface area contributed by atoms with Crippen LogP contribution in [0.2, 0.25) is 0 Å². The van der Waals surface area contributed by atoms with E-state index in [2.05, 4.69) is 10.1 Å². The first-order valence-corrected chi connectivity index (χ1v) is 5.46. The molecule has 0 aliphatic rings. The van der Waals surface area contributed by atoms with Crippen LogP contribution in [0.15, 0.2) is 53.5 Å². The molecule has 0 fully saturated rings. The van der Waals surface area contributed by atoms with Gasteiger partial charge in [-0.2, -0.15) is 9.61 Å². The second-order valence-corrected chi connectivity index (χ2v) is 3.87. The van der Waals surface area contributed by atoms with Crippen LogP contribution in [0.1, 0.15) is 0 Å². The summed E-state index contributed by atoms with van der Waals surface area (Å²) in [6.07, 6.45) is 1.35. The van der Waals surface area contributed by atoms with Gasteiger partial charge in [0, 0.05) is 5.56 Å². The Bertz CT molecular complexity index is 765. The Kier molecular flexibility index (Phi) is 2.30. The van der Waals surface area contributed by atoms with E-state index >= 15 is 0 Å². The lowest BCUT2D eigenvalue weighted by atomic mass is 10.1. The van der Waals surface area contributed by atoms with Crippen LogP contribution >= 0.6 is 0 Å². The van der Waals surface area contributed by atoms with Crippen LogP contribution in [0.4, 0.5) is 5.69 Å². The van der Waals surface area contributed by atoms with Crippen molar-refractivity contribution in [2.45, 2.75) is 0 Å². The maximum Gasteiger partial charge on any atom is 0.297 e. The summed E-state index contributed by atoms with van der Waals surface area (Å²) < 4.78 is 1.22. The molecular weight excluding hydrogens is 228 g/mol. The molecular formula is C13H10N4O. The van der Waals surface area contributed by atoms with Gasteiger partial charge in [0.25, 0.3) is 5.56 Å². The number of anilines is 1. The molecule has 0 unspecified atom stereocenters. The van der Waals surface area contributed by atoms with Crippen LogP contribution in [0.25, 0.3) is 16.9 Å². The third-order valence-corrected chi connectivity index (χ3v) is 2.66. The predicted octanol–water partition coefficient (Wildman–Crippen LogP) is 1.34. The average molecular weight is 238 g/mol. The SMILES string of the molecule is Nc1cnc2ccc(-c3ccccc3)nn2c1=O. The molecule has 0 saturated heterocycles. The van der Waals surface area contributed by atoms with Crippen molar-refractivity contribution in [2.75, 3.05) is 5.73 Å². The minimum absolute atomic E-state index is 0.0882. The number of benzene rings is 1. The summed E-state index contributed by atoms with van der Waals surface area (Å²) in [5.41, 5.74) is 7.40. The highest BCUT2D eigenvalue weighted by atomic mass is 16.1. The molecule has 2 aromatic heterocycles. The molecule has 0 aliphatic carbocycles. The third-order valence-electron chi connectivity index (χ3n) is 2.66. The molecule has 0 atom stereocenters. The Morgan fingerprint density at radius 2 is 1.83 bits per heavy atom. The normalized spacial score (nSPS) is 10.7. The minimum Gasteiger partial charge on any atom is -0.393 e. The van der Waals surface area contributed by atoms with Gasteiger partial charge in [0.1, 0.15) is 5.69 Å². The lowest BCUT2D eigenvalue weighted by Gasteiger charge is -2.04. The molecule has 18 heavy (non-hydrogen) atoms. The van der Waals surface area contributed by atoms with Gasteiger partial charge in [-0.25, -0.2) is 4.98 Å². The Morgan fingerprint density at radius 1 is 1.06 bits per heavy atom. The van der Waals surface area contributed by atoms with Crippen LogP contribution in [0, 0.1) is 0 Å². The molecule has 0 bridgehead atoms. The largest absolute Gasteiger partial charge is 0.393 e. The molecule has 2 N–H and O–H groups in total. The smallest absolute Gasteiger partial charge is 0.297 e. The topological polar surface area (TPSA) is 73.3 Å². The van der Waals surface area contributed by atoms with E-state index in [0.717, 1.165) is 5.56 Å². The van der Waals surface area contributed by atoms with Crippen molar-refractivity contribution in [3.63, 3.8) is 0 Å². The molecule has 88 valence electrons. The first-order valence-electron chi connectivity index (χ1n) is 5.46. The zero-order valence-electron chi connectivity index (χ0n) is 9.45. The number of rotatable bonds is 1. The Morgan fingerprint density at radius 3 is 2.61 bits per heavy atom. The highest BCUT2D eigenvalue weighted by Gasteiger charge is 2.05. The summed E-state index contributed by atoms with van der Waals surface area (Å²) in [5.74, 6) is 0. The van der Waals surface area contributed by atoms with Crippen molar-refractivity contribution in [3.05, 3.63) is 59.0 Å². The van der Waals surface area contributed by atoms with E-state index in [0.29, 0.717) is 11.3 Å². The molecule has 0 spiro atoms. The van der Waals surface area contributed by atoms with Gasteiger partial charge in [-0.1, -0.05) is 30.3 Å². The minimum atomic E-state index is -0.349. The quantitative estimate of drug-likeness (QED) is 0.694. The van der Waals surface area contributed by atoms with Crippen molar-refractivity contribution >= 4 is 11.3 Å². The fourth-order valence-corrected chi connectivity index (χ4v) is 1.74. The van der Waals surface area contributed by atoms with Crippen LogP contribution in [0.5, 0.6) is 0 Å². The standard InChI is InChI=1S/C13H10N4O/c14-10-8-15-12-7-6-11(16-17(12)13(10)18)9-4-2-1-3-5-9/h1-8H,14H2. The highest BCUT2D eigenvalue weighted by Crippen LogP contribution is 2.15. The number of nitrogen functional groups attached to an aromatic ring is 1. The summed E-state index contributed by atoms with van der Waals surface area (Å²) in [4.78, 5) is 15.9. The summed E-state index contributed by atoms with van der Waals surface area (Å²) in [7, 11) is 0. The van der Waals surface area contributed by atoms with Crippen molar-refractivity contribution in [1.29, 1.82) is 0 Å². The predicted molar refractivity (Wildman–Crippen MR) is 69.1 cm³/mol. The first-order chi connectivity index (χ1) is 8.75. The van der Waals surface area contributed by atoms with Gasteiger partial charge in [0.2, 0.25) is 0 Å². The number of hydrogen-bond acceptors (Lipinski definition) is 4. The molecule has 5 nitrogen and oxygen atoms in total. The van der Waals surface area contributed by atoms with E-state index in [1.54, 1.807) is 6.07 Å². The van der Waals surface area contributed by atoms with Gasteiger partial charge >= 0.3 is 0 Å². The zero-order valence-corrected chi connectivity index (χ0v) is 9.45. The van der Waals surface area contributed by atoms with Crippen molar-refractivity contribution < 1.29 is 0 Å². The number of nitrogens with two attached hydrogens (primary N) is 1. The van der Waals surface area contributed by atoms with E-state index in [1.807, 2.05) is 36.4 Å². The monoisotopic (exact) mass is 238 g/mol. The maximum absolute atomic E-state index is 11.8. The number of fused-ring (bicyclic) bond motifs is 1. The number of hydrogen-bond donors (Lipinski definition) is 1.